The second-order valence-corrected chi connectivity index (χ2v) is 5.89. The monoisotopic (exact) mass is 306 g/mol. The van der Waals surface area contributed by atoms with Gasteiger partial charge in [0.15, 0.2) is 0 Å². The van der Waals surface area contributed by atoms with Gasteiger partial charge in [-0.3, -0.25) is 0 Å². The summed E-state index contributed by atoms with van der Waals surface area (Å²) in [5.41, 5.74) is 2.49. The molecule has 1 aliphatic rings. The van der Waals surface area contributed by atoms with E-state index in [9.17, 15) is 4.79 Å². The quantitative estimate of drug-likeness (QED) is 0.907. The number of morpholine rings is 1. The summed E-state index contributed by atoms with van der Waals surface area (Å²) in [5.74, 6) is 0.292. The van der Waals surface area contributed by atoms with Crippen LogP contribution in [0, 0.1) is 6.92 Å². The molecule has 0 spiro atoms. The molecule has 1 heterocycles. The first kappa shape index (κ1) is 16.8. The van der Waals surface area contributed by atoms with Crippen molar-refractivity contribution in [2.24, 2.45) is 0 Å². The molecule has 1 aromatic carbocycles. The molecule has 0 aromatic heterocycles. The van der Waals surface area contributed by atoms with E-state index >= 15 is 0 Å². The van der Waals surface area contributed by atoms with E-state index in [1.54, 1.807) is 12.0 Å². The first-order valence-corrected chi connectivity index (χ1v) is 7.80. The number of urea groups is 1. The second kappa shape index (κ2) is 8.15. The maximum absolute atomic E-state index is 12.3. The molecule has 0 radical (unpaired) electrons. The van der Waals surface area contributed by atoms with E-state index in [1.165, 1.54) is 11.1 Å². The third-order valence-corrected chi connectivity index (χ3v) is 3.98. The van der Waals surface area contributed by atoms with Gasteiger partial charge in [-0.05, 0) is 18.4 Å². The minimum atomic E-state index is -0.0287. The molecular formula is C17H26N2O3. The Morgan fingerprint density at radius 3 is 2.86 bits per heavy atom. The van der Waals surface area contributed by atoms with Crippen LogP contribution in [0.2, 0.25) is 0 Å². The molecular weight excluding hydrogens is 280 g/mol. The van der Waals surface area contributed by atoms with Crippen LogP contribution in [0.15, 0.2) is 24.3 Å². The van der Waals surface area contributed by atoms with E-state index in [-0.39, 0.29) is 12.1 Å². The van der Waals surface area contributed by atoms with Crippen LogP contribution >= 0.6 is 0 Å². The smallest absolute Gasteiger partial charge is 0.317 e. The van der Waals surface area contributed by atoms with E-state index in [0.717, 1.165) is 0 Å². The summed E-state index contributed by atoms with van der Waals surface area (Å²) in [7, 11) is 1.64. The zero-order valence-electron chi connectivity index (χ0n) is 13.7. The summed E-state index contributed by atoms with van der Waals surface area (Å²) in [6.07, 6.45) is -0.0287. The number of ether oxygens (including phenoxy) is 2. The SMILES string of the molecule is COC[C@@H]1CN(C(=O)NC[C@H](C)c2ccc(C)cc2)CCO1. The Kier molecular flexibility index (Phi) is 6.21. The molecule has 5 heteroatoms. The van der Waals surface area contributed by atoms with E-state index < -0.39 is 0 Å². The number of methoxy groups -OCH3 is 1. The maximum atomic E-state index is 12.3. The van der Waals surface area contributed by atoms with Crippen molar-refractivity contribution in [1.29, 1.82) is 0 Å². The number of carbonyl (C=O) groups excluding carboxylic acids is 1. The number of benzene rings is 1. The molecule has 22 heavy (non-hydrogen) atoms. The molecule has 1 fully saturated rings. The average Bonchev–Trinajstić information content (AvgIpc) is 2.53. The topological polar surface area (TPSA) is 50.8 Å². The van der Waals surface area contributed by atoms with Gasteiger partial charge in [-0.2, -0.15) is 0 Å². The van der Waals surface area contributed by atoms with Gasteiger partial charge < -0.3 is 19.7 Å². The molecule has 0 unspecified atom stereocenters. The van der Waals surface area contributed by atoms with E-state index in [4.69, 9.17) is 9.47 Å². The normalized spacial score (nSPS) is 19.8. The largest absolute Gasteiger partial charge is 0.382 e. The van der Waals surface area contributed by atoms with Crippen molar-refractivity contribution < 1.29 is 14.3 Å². The Morgan fingerprint density at radius 2 is 2.18 bits per heavy atom. The van der Waals surface area contributed by atoms with Crippen LogP contribution in [-0.4, -0.2) is 57.0 Å². The molecule has 0 saturated carbocycles. The molecule has 2 amide bonds. The number of aryl methyl sites for hydroxylation is 1. The molecule has 1 saturated heterocycles. The molecule has 0 aliphatic carbocycles. The highest BCUT2D eigenvalue weighted by molar-refractivity contribution is 5.74. The van der Waals surface area contributed by atoms with Crippen LogP contribution in [0.25, 0.3) is 0 Å². The van der Waals surface area contributed by atoms with Gasteiger partial charge in [-0.1, -0.05) is 36.8 Å². The summed E-state index contributed by atoms with van der Waals surface area (Å²) in [4.78, 5) is 14.1. The third kappa shape index (κ3) is 4.71. The number of amides is 2. The summed E-state index contributed by atoms with van der Waals surface area (Å²) >= 11 is 0. The Labute approximate surface area is 132 Å². The van der Waals surface area contributed by atoms with Crippen molar-refractivity contribution in [2.75, 3.05) is 40.0 Å². The van der Waals surface area contributed by atoms with Crippen molar-refractivity contribution in [3.8, 4) is 0 Å². The number of carbonyl (C=O) groups is 1. The summed E-state index contributed by atoms with van der Waals surface area (Å²) in [5, 5.41) is 3.02. The molecule has 122 valence electrons. The number of hydrogen-bond donors (Lipinski definition) is 1. The van der Waals surface area contributed by atoms with Crippen molar-refractivity contribution in [2.45, 2.75) is 25.9 Å². The van der Waals surface area contributed by atoms with Gasteiger partial charge in [0.25, 0.3) is 0 Å². The second-order valence-electron chi connectivity index (χ2n) is 5.89. The zero-order chi connectivity index (χ0) is 15.9. The third-order valence-electron chi connectivity index (χ3n) is 3.98. The lowest BCUT2D eigenvalue weighted by molar-refractivity contribution is -0.0494. The highest BCUT2D eigenvalue weighted by Crippen LogP contribution is 2.15. The van der Waals surface area contributed by atoms with Crippen LogP contribution in [0.5, 0.6) is 0 Å². The Morgan fingerprint density at radius 1 is 1.45 bits per heavy atom. The maximum Gasteiger partial charge on any atom is 0.317 e. The Bertz CT molecular complexity index is 473. The number of nitrogens with one attached hydrogen (secondary N) is 1. The van der Waals surface area contributed by atoms with Gasteiger partial charge in [0.05, 0.1) is 25.9 Å². The van der Waals surface area contributed by atoms with Crippen molar-refractivity contribution in [3.63, 3.8) is 0 Å². The highest BCUT2D eigenvalue weighted by Gasteiger charge is 2.24. The Hall–Kier alpha value is -1.59. The summed E-state index contributed by atoms with van der Waals surface area (Å²) in [6.45, 7) is 7.12. The van der Waals surface area contributed by atoms with Crippen molar-refractivity contribution >= 4 is 6.03 Å². The molecule has 1 aromatic rings. The molecule has 2 rings (SSSR count). The van der Waals surface area contributed by atoms with Crippen LogP contribution in [0.1, 0.15) is 24.0 Å². The number of hydrogen-bond acceptors (Lipinski definition) is 3. The van der Waals surface area contributed by atoms with Crippen LogP contribution < -0.4 is 5.32 Å². The van der Waals surface area contributed by atoms with E-state index in [1.807, 2.05) is 0 Å². The molecule has 2 atom stereocenters. The first-order valence-electron chi connectivity index (χ1n) is 7.80. The molecule has 1 N–H and O–H groups in total. The van der Waals surface area contributed by atoms with Gasteiger partial charge in [-0.15, -0.1) is 0 Å². The lowest BCUT2D eigenvalue weighted by Gasteiger charge is -2.32. The number of nitrogens with zero attached hydrogens (tertiary/aromatic N) is 1. The molecule has 5 nitrogen and oxygen atoms in total. The lowest BCUT2D eigenvalue weighted by Crippen LogP contribution is -2.51. The van der Waals surface area contributed by atoms with E-state index in [2.05, 4.69) is 43.4 Å². The fourth-order valence-electron chi connectivity index (χ4n) is 2.56. The van der Waals surface area contributed by atoms with Gasteiger partial charge >= 0.3 is 6.03 Å². The van der Waals surface area contributed by atoms with E-state index in [0.29, 0.717) is 38.8 Å². The van der Waals surface area contributed by atoms with Crippen LogP contribution in [-0.2, 0) is 9.47 Å². The predicted molar refractivity (Wildman–Crippen MR) is 86.2 cm³/mol. The first-order chi connectivity index (χ1) is 10.6. The summed E-state index contributed by atoms with van der Waals surface area (Å²) < 4.78 is 10.6. The number of rotatable bonds is 5. The van der Waals surface area contributed by atoms with Crippen molar-refractivity contribution in [1.82, 2.24) is 10.2 Å². The fraction of sp³-hybridized carbons (Fsp3) is 0.588. The molecule has 1 aliphatic heterocycles. The predicted octanol–water partition coefficient (Wildman–Crippen LogP) is 2.16. The highest BCUT2D eigenvalue weighted by atomic mass is 16.5. The Balaban J connectivity index is 1.80. The molecule has 0 bridgehead atoms. The van der Waals surface area contributed by atoms with Gasteiger partial charge in [0.1, 0.15) is 0 Å². The minimum absolute atomic E-state index is 0.0247. The van der Waals surface area contributed by atoms with Gasteiger partial charge in [0.2, 0.25) is 0 Å². The van der Waals surface area contributed by atoms with Crippen LogP contribution in [0.3, 0.4) is 0 Å². The fourth-order valence-corrected chi connectivity index (χ4v) is 2.56. The summed E-state index contributed by atoms with van der Waals surface area (Å²) in [6, 6.07) is 8.42. The zero-order valence-corrected chi connectivity index (χ0v) is 13.7. The van der Waals surface area contributed by atoms with Gasteiger partial charge in [0, 0.05) is 20.2 Å². The minimum Gasteiger partial charge on any atom is -0.382 e. The standard InChI is InChI=1S/C17H26N2O3/c1-13-4-6-15(7-5-13)14(2)10-18-17(20)19-8-9-22-16(11-19)12-21-3/h4-7,14,16H,8-12H2,1-3H3,(H,18,20)/t14-,16-/m0/s1. The van der Waals surface area contributed by atoms with Crippen LogP contribution in [0.4, 0.5) is 4.79 Å². The lowest BCUT2D eigenvalue weighted by atomic mass is 10.0. The van der Waals surface area contributed by atoms with Crippen molar-refractivity contribution in [3.05, 3.63) is 35.4 Å². The van der Waals surface area contributed by atoms with Gasteiger partial charge in [-0.25, -0.2) is 4.79 Å². The average molecular weight is 306 g/mol.